The molecule has 0 fully saturated rings. The van der Waals surface area contributed by atoms with Crippen molar-refractivity contribution in [2.45, 2.75) is 25.8 Å². The highest BCUT2D eigenvalue weighted by atomic mass is 31.0. The van der Waals surface area contributed by atoms with Crippen LogP contribution >= 0.6 is 9.39 Å². The lowest BCUT2D eigenvalue weighted by atomic mass is 9.83. The topological polar surface area (TPSA) is 69.6 Å². The van der Waals surface area contributed by atoms with Crippen molar-refractivity contribution in [3.63, 3.8) is 0 Å². The number of aliphatic hydroxyl groups excluding tert-OH is 1. The molecule has 2 aromatic rings. The molecule has 3 atom stereocenters. The minimum absolute atomic E-state index is 0.113. The van der Waals surface area contributed by atoms with Gasteiger partial charge in [-0.3, -0.25) is 9.88 Å². The molecule has 6 heteroatoms. The third-order valence-electron chi connectivity index (χ3n) is 4.39. The normalized spacial score (nSPS) is 14.7. The van der Waals surface area contributed by atoms with E-state index in [1.165, 1.54) is 19.1 Å². The zero-order valence-corrected chi connectivity index (χ0v) is 15.2. The van der Waals surface area contributed by atoms with Gasteiger partial charge in [-0.1, -0.05) is 45.8 Å². The van der Waals surface area contributed by atoms with E-state index in [9.17, 15) is 19.4 Å². The minimum atomic E-state index is -1.18. The molecule has 134 valence electrons. The van der Waals surface area contributed by atoms with Crippen molar-refractivity contribution >= 4 is 15.4 Å². The standard InChI is InChI=1S/C19H23FNO3P/c1-19(12-22,18(23)24)11-17(21-25)9-13-5-7-14(8-6-13)15-3-2-4-16(20)10-15/h2-8,10,17,21-22H,9,11-12,25H2,1H3,(H,23,24)/t17-,19+/m1/s1. The summed E-state index contributed by atoms with van der Waals surface area (Å²) in [6.45, 7) is 1.13. The molecule has 0 heterocycles. The average molecular weight is 363 g/mol. The van der Waals surface area contributed by atoms with E-state index in [-0.39, 0.29) is 11.9 Å². The maximum atomic E-state index is 13.3. The number of nitrogens with one attached hydrogen (secondary N) is 1. The Morgan fingerprint density at radius 2 is 1.92 bits per heavy atom. The van der Waals surface area contributed by atoms with Crippen LogP contribution in [-0.2, 0) is 11.2 Å². The van der Waals surface area contributed by atoms with Crippen LogP contribution in [0.2, 0.25) is 0 Å². The first kappa shape index (κ1) is 19.5. The number of carboxylic acid groups (broad SMARTS) is 1. The Kier molecular flexibility index (Phi) is 6.65. The van der Waals surface area contributed by atoms with Gasteiger partial charge < -0.3 is 10.2 Å². The van der Waals surface area contributed by atoms with Crippen LogP contribution in [0, 0.1) is 11.2 Å². The first-order chi connectivity index (χ1) is 11.9. The van der Waals surface area contributed by atoms with Gasteiger partial charge in [-0.2, -0.15) is 0 Å². The average Bonchev–Trinajstić information content (AvgIpc) is 2.61. The van der Waals surface area contributed by atoms with E-state index in [0.29, 0.717) is 12.8 Å². The van der Waals surface area contributed by atoms with E-state index >= 15 is 0 Å². The largest absolute Gasteiger partial charge is 0.481 e. The van der Waals surface area contributed by atoms with Crippen LogP contribution in [0.15, 0.2) is 48.5 Å². The number of hydrogen-bond acceptors (Lipinski definition) is 3. The highest BCUT2D eigenvalue weighted by Crippen LogP contribution is 2.26. The van der Waals surface area contributed by atoms with Crippen LogP contribution in [0.4, 0.5) is 4.39 Å². The summed E-state index contributed by atoms with van der Waals surface area (Å²) in [5.74, 6) is -1.28. The Bertz CT molecular complexity index is 723. The van der Waals surface area contributed by atoms with Crippen LogP contribution in [-0.4, -0.2) is 28.8 Å². The van der Waals surface area contributed by atoms with E-state index in [4.69, 9.17) is 0 Å². The van der Waals surface area contributed by atoms with Crippen LogP contribution in [0.5, 0.6) is 0 Å². The molecule has 25 heavy (non-hydrogen) atoms. The fourth-order valence-corrected chi connectivity index (χ4v) is 2.97. The fraction of sp³-hybridized carbons (Fsp3) is 0.316. The highest BCUT2D eigenvalue weighted by molar-refractivity contribution is 7.13. The molecule has 0 aliphatic carbocycles. The molecule has 0 aliphatic heterocycles. The zero-order valence-electron chi connectivity index (χ0n) is 14.1. The molecule has 0 saturated heterocycles. The van der Waals surface area contributed by atoms with Gasteiger partial charge in [0.2, 0.25) is 0 Å². The lowest BCUT2D eigenvalue weighted by molar-refractivity contribution is -0.151. The summed E-state index contributed by atoms with van der Waals surface area (Å²) >= 11 is 0. The Hall–Kier alpha value is -1.81. The van der Waals surface area contributed by atoms with Gasteiger partial charge in [0.15, 0.2) is 0 Å². The summed E-state index contributed by atoms with van der Waals surface area (Å²) in [7, 11) is 2.41. The number of carboxylic acids is 1. The number of aliphatic carboxylic acids is 1. The van der Waals surface area contributed by atoms with Crippen LogP contribution in [0.1, 0.15) is 18.9 Å². The molecule has 3 N–H and O–H groups in total. The first-order valence-corrected chi connectivity index (χ1v) is 8.61. The lowest BCUT2D eigenvalue weighted by Crippen LogP contribution is -2.39. The SMILES string of the molecule is C[C@@](CO)(C[C@@H](Cc1ccc(-c2cccc(F)c2)cc1)NP)C(=O)O. The van der Waals surface area contributed by atoms with E-state index in [1.807, 2.05) is 30.3 Å². The maximum absolute atomic E-state index is 13.3. The number of halogens is 1. The zero-order chi connectivity index (χ0) is 18.4. The molecule has 0 aliphatic rings. The molecular weight excluding hydrogens is 340 g/mol. The van der Waals surface area contributed by atoms with Gasteiger partial charge >= 0.3 is 5.97 Å². The van der Waals surface area contributed by atoms with Crippen molar-refractivity contribution in [3.05, 3.63) is 59.9 Å². The van der Waals surface area contributed by atoms with Crippen molar-refractivity contribution in [3.8, 4) is 11.1 Å². The van der Waals surface area contributed by atoms with Crippen molar-refractivity contribution in [2.75, 3.05) is 6.61 Å². The second kappa shape index (κ2) is 8.52. The fourth-order valence-electron chi connectivity index (χ4n) is 2.74. The minimum Gasteiger partial charge on any atom is -0.481 e. The van der Waals surface area contributed by atoms with E-state index < -0.39 is 18.0 Å². The molecule has 0 bridgehead atoms. The third-order valence-corrected chi connectivity index (χ3v) is 4.86. The van der Waals surface area contributed by atoms with Gasteiger partial charge in [0, 0.05) is 6.04 Å². The van der Waals surface area contributed by atoms with Gasteiger partial charge in [-0.25, -0.2) is 4.39 Å². The molecule has 0 spiro atoms. The number of carbonyl (C=O) groups is 1. The van der Waals surface area contributed by atoms with Gasteiger partial charge in [0.1, 0.15) is 5.82 Å². The molecule has 2 rings (SSSR count). The van der Waals surface area contributed by atoms with E-state index in [1.54, 1.807) is 6.07 Å². The summed E-state index contributed by atoms with van der Waals surface area (Å²) in [5, 5.41) is 21.7. The molecule has 1 unspecified atom stereocenters. The molecule has 0 aromatic heterocycles. The molecule has 0 amide bonds. The predicted molar refractivity (Wildman–Crippen MR) is 99.6 cm³/mol. The number of benzene rings is 2. The molecule has 2 aromatic carbocycles. The van der Waals surface area contributed by atoms with Gasteiger partial charge in [0.25, 0.3) is 0 Å². The second-order valence-corrected chi connectivity index (χ2v) is 6.84. The quantitative estimate of drug-likeness (QED) is 0.630. The summed E-state index contributed by atoms with van der Waals surface area (Å²) in [5.41, 5.74) is 1.58. The van der Waals surface area contributed by atoms with Crippen molar-refractivity contribution in [1.82, 2.24) is 5.09 Å². The van der Waals surface area contributed by atoms with Crippen LogP contribution in [0.25, 0.3) is 11.1 Å². The van der Waals surface area contributed by atoms with Gasteiger partial charge in [-0.05, 0) is 48.6 Å². The number of hydrogen-bond donors (Lipinski definition) is 3. The molecule has 0 saturated carbocycles. The molecule has 0 radical (unpaired) electrons. The predicted octanol–water partition coefficient (Wildman–Crippen LogP) is 3.26. The Balaban J connectivity index is 2.10. The number of aliphatic hydroxyl groups is 1. The maximum Gasteiger partial charge on any atom is 0.311 e. The Morgan fingerprint density at radius 1 is 1.24 bits per heavy atom. The monoisotopic (exact) mass is 363 g/mol. The summed E-state index contributed by atoms with van der Waals surface area (Å²) in [6, 6.07) is 14.1. The van der Waals surface area contributed by atoms with Crippen molar-refractivity contribution in [1.29, 1.82) is 0 Å². The third kappa shape index (κ3) is 5.08. The van der Waals surface area contributed by atoms with Crippen LogP contribution in [0.3, 0.4) is 0 Å². The molecular formula is C19H23FNO3P. The lowest BCUT2D eigenvalue weighted by Gasteiger charge is -2.27. The van der Waals surface area contributed by atoms with Crippen molar-refractivity contribution < 1.29 is 19.4 Å². The van der Waals surface area contributed by atoms with Gasteiger partial charge in [-0.15, -0.1) is 0 Å². The summed E-state index contributed by atoms with van der Waals surface area (Å²) in [4.78, 5) is 11.4. The van der Waals surface area contributed by atoms with E-state index in [0.717, 1.165) is 16.7 Å². The summed E-state index contributed by atoms with van der Waals surface area (Å²) in [6.07, 6.45) is 0.920. The highest BCUT2D eigenvalue weighted by Gasteiger charge is 2.34. The second-order valence-electron chi connectivity index (χ2n) is 6.50. The Morgan fingerprint density at radius 3 is 2.44 bits per heavy atom. The first-order valence-electron chi connectivity index (χ1n) is 8.03. The van der Waals surface area contributed by atoms with Gasteiger partial charge in [0.05, 0.1) is 12.0 Å². The van der Waals surface area contributed by atoms with E-state index in [2.05, 4.69) is 14.5 Å². The summed E-state index contributed by atoms with van der Waals surface area (Å²) < 4.78 is 13.3. The number of rotatable bonds is 8. The van der Waals surface area contributed by atoms with Crippen molar-refractivity contribution in [2.24, 2.45) is 5.41 Å². The Labute approximate surface area is 149 Å². The molecule has 4 nitrogen and oxygen atoms in total. The van der Waals surface area contributed by atoms with Crippen LogP contribution < -0.4 is 5.09 Å². The smallest absolute Gasteiger partial charge is 0.311 e.